The number of hydrogen-bond acceptors (Lipinski definition) is 4. The van der Waals surface area contributed by atoms with Gasteiger partial charge in [-0.05, 0) is 60.2 Å². The van der Waals surface area contributed by atoms with Crippen LogP contribution in [0, 0.1) is 0 Å². The Balaban J connectivity index is 1.58. The van der Waals surface area contributed by atoms with Crippen molar-refractivity contribution in [1.29, 1.82) is 0 Å². The minimum absolute atomic E-state index is 0.0511. The normalized spacial score (nSPS) is 19.8. The van der Waals surface area contributed by atoms with Crippen molar-refractivity contribution in [3.63, 3.8) is 0 Å². The van der Waals surface area contributed by atoms with Gasteiger partial charge in [-0.25, -0.2) is 5.01 Å². The Morgan fingerprint density at radius 3 is 2.41 bits per heavy atom. The van der Waals surface area contributed by atoms with E-state index in [4.69, 9.17) is 37.8 Å². The van der Waals surface area contributed by atoms with Crippen LogP contribution in [0.2, 0.25) is 10.0 Å². The first kappa shape index (κ1) is 18.3. The number of nitrogens with zero attached hydrogens (tertiary/aromatic N) is 2. The first-order chi connectivity index (χ1) is 14.1. The van der Waals surface area contributed by atoms with E-state index in [0.29, 0.717) is 10.0 Å². The predicted molar refractivity (Wildman–Crippen MR) is 115 cm³/mol. The zero-order chi connectivity index (χ0) is 20.0. The highest BCUT2D eigenvalue weighted by molar-refractivity contribution is 6.31. The Bertz CT molecular complexity index is 1080. The van der Waals surface area contributed by atoms with E-state index in [9.17, 15) is 0 Å². The summed E-state index contributed by atoms with van der Waals surface area (Å²) in [5.74, 6) is 1.64. The lowest BCUT2D eigenvalue weighted by atomic mass is 9.96. The van der Waals surface area contributed by atoms with Crippen molar-refractivity contribution in [3.8, 4) is 11.5 Å². The molecule has 0 N–H and O–H groups in total. The fourth-order valence-electron chi connectivity index (χ4n) is 3.86. The highest BCUT2D eigenvalue weighted by Gasteiger charge is 2.41. The molecule has 0 spiro atoms. The van der Waals surface area contributed by atoms with E-state index >= 15 is 0 Å². The van der Waals surface area contributed by atoms with Gasteiger partial charge in [0, 0.05) is 27.6 Å². The average Bonchev–Trinajstić information content (AvgIpc) is 3.20. The highest BCUT2D eigenvalue weighted by Crippen LogP contribution is 2.48. The van der Waals surface area contributed by atoms with Crippen LogP contribution in [0.5, 0.6) is 11.5 Å². The minimum Gasteiger partial charge on any atom is -0.497 e. The lowest BCUT2D eigenvalue weighted by Crippen LogP contribution is -2.33. The summed E-state index contributed by atoms with van der Waals surface area (Å²) in [4.78, 5) is 0. The van der Waals surface area contributed by atoms with Gasteiger partial charge in [0.25, 0.3) is 0 Å². The van der Waals surface area contributed by atoms with Gasteiger partial charge in [-0.2, -0.15) is 5.10 Å². The quantitative estimate of drug-likeness (QED) is 0.498. The Morgan fingerprint density at radius 1 is 0.966 bits per heavy atom. The second-order valence-corrected chi connectivity index (χ2v) is 7.95. The SMILES string of the molecule is COc1ccc([C@@H]2Oc3ccc(Cl)cc3[C@@H]3CC(c4ccc(Cl)cc4)=NN32)cc1. The standard InChI is InChI=1S/C23H18Cl2N2O2/c1-28-18-9-4-15(5-10-18)23-27-21(19-12-17(25)8-11-22(19)29-23)13-20(26-27)14-2-6-16(24)7-3-14/h2-12,21,23H,13H2,1H3/t21-,23-/m0/s1. The molecule has 3 aromatic carbocycles. The molecule has 0 aliphatic carbocycles. The number of hydrogen-bond donors (Lipinski definition) is 0. The molecule has 2 heterocycles. The molecule has 0 aromatic heterocycles. The number of benzene rings is 3. The molecule has 146 valence electrons. The van der Waals surface area contributed by atoms with Gasteiger partial charge in [-0.15, -0.1) is 0 Å². The number of ether oxygens (including phenoxy) is 2. The van der Waals surface area contributed by atoms with Crippen LogP contribution in [0.1, 0.15) is 35.4 Å². The molecule has 5 rings (SSSR count). The number of rotatable bonds is 3. The van der Waals surface area contributed by atoms with E-state index in [1.807, 2.05) is 71.7 Å². The second-order valence-electron chi connectivity index (χ2n) is 7.08. The molecule has 0 amide bonds. The smallest absolute Gasteiger partial charge is 0.213 e. The summed E-state index contributed by atoms with van der Waals surface area (Å²) < 4.78 is 11.7. The minimum atomic E-state index is -0.329. The summed E-state index contributed by atoms with van der Waals surface area (Å²) in [6, 6.07) is 21.5. The van der Waals surface area contributed by atoms with Gasteiger partial charge in [0.05, 0.1) is 18.9 Å². The van der Waals surface area contributed by atoms with E-state index < -0.39 is 0 Å². The van der Waals surface area contributed by atoms with Gasteiger partial charge in [0.1, 0.15) is 11.5 Å². The van der Waals surface area contributed by atoms with Crippen LogP contribution in [-0.2, 0) is 0 Å². The fraction of sp³-hybridized carbons (Fsp3) is 0.174. The van der Waals surface area contributed by atoms with Crippen LogP contribution in [0.15, 0.2) is 71.8 Å². The van der Waals surface area contributed by atoms with Gasteiger partial charge in [-0.3, -0.25) is 0 Å². The van der Waals surface area contributed by atoms with Crippen molar-refractivity contribution in [2.45, 2.75) is 18.7 Å². The molecule has 4 nitrogen and oxygen atoms in total. The van der Waals surface area contributed by atoms with Gasteiger partial charge in [-0.1, -0.05) is 35.3 Å². The van der Waals surface area contributed by atoms with Crippen LogP contribution in [0.25, 0.3) is 0 Å². The number of halogens is 2. The Labute approximate surface area is 179 Å². The van der Waals surface area contributed by atoms with Crippen molar-refractivity contribution < 1.29 is 9.47 Å². The molecular weight excluding hydrogens is 407 g/mol. The summed E-state index contributed by atoms with van der Waals surface area (Å²) >= 11 is 12.3. The maximum absolute atomic E-state index is 6.36. The highest BCUT2D eigenvalue weighted by atomic mass is 35.5. The lowest BCUT2D eigenvalue weighted by Gasteiger charge is -2.38. The zero-order valence-corrected chi connectivity index (χ0v) is 17.2. The molecule has 3 aromatic rings. The largest absolute Gasteiger partial charge is 0.497 e. The van der Waals surface area contributed by atoms with E-state index in [1.54, 1.807) is 7.11 Å². The molecule has 2 aliphatic rings. The molecule has 0 radical (unpaired) electrons. The molecule has 0 bridgehead atoms. The van der Waals surface area contributed by atoms with Crippen LogP contribution < -0.4 is 9.47 Å². The molecule has 0 saturated carbocycles. The molecule has 0 fully saturated rings. The fourth-order valence-corrected chi connectivity index (χ4v) is 4.17. The first-order valence-corrected chi connectivity index (χ1v) is 10.1. The van der Waals surface area contributed by atoms with E-state index in [-0.39, 0.29) is 12.3 Å². The average molecular weight is 425 g/mol. The summed E-state index contributed by atoms with van der Waals surface area (Å²) in [6.45, 7) is 0. The number of methoxy groups -OCH3 is 1. The Hall–Kier alpha value is -2.69. The summed E-state index contributed by atoms with van der Waals surface area (Å²) in [7, 11) is 1.66. The molecule has 2 atom stereocenters. The van der Waals surface area contributed by atoms with Crippen LogP contribution >= 0.6 is 23.2 Å². The van der Waals surface area contributed by atoms with E-state index in [2.05, 4.69) is 0 Å². The van der Waals surface area contributed by atoms with E-state index in [0.717, 1.165) is 40.3 Å². The van der Waals surface area contributed by atoms with Crippen molar-refractivity contribution >= 4 is 28.9 Å². The molecule has 0 unspecified atom stereocenters. The maximum atomic E-state index is 6.36. The number of hydrazone groups is 1. The van der Waals surface area contributed by atoms with Gasteiger partial charge in [0.2, 0.25) is 6.23 Å². The van der Waals surface area contributed by atoms with Gasteiger partial charge >= 0.3 is 0 Å². The molecule has 2 aliphatic heterocycles. The monoisotopic (exact) mass is 424 g/mol. The van der Waals surface area contributed by atoms with Gasteiger partial charge < -0.3 is 9.47 Å². The van der Waals surface area contributed by atoms with Crippen LogP contribution in [0.3, 0.4) is 0 Å². The van der Waals surface area contributed by atoms with Gasteiger partial charge in [0.15, 0.2) is 0 Å². The number of fused-ring (bicyclic) bond motifs is 3. The van der Waals surface area contributed by atoms with Crippen molar-refractivity contribution in [3.05, 3.63) is 93.5 Å². The summed E-state index contributed by atoms with van der Waals surface area (Å²) in [5, 5.41) is 8.38. The second kappa shape index (κ2) is 7.29. The first-order valence-electron chi connectivity index (χ1n) is 9.34. The van der Waals surface area contributed by atoms with Crippen molar-refractivity contribution in [2.24, 2.45) is 5.10 Å². The topological polar surface area (TPSA) is 34.1 Å². The third kappa shape index (κ3) is 3.33. The molecule has 0 saturated heterocycles. The van der Waals surface area contributed by atoms with Crippen LogP contribution in [0.4, 0.5) is 0 Å². The maximum Gasteiger partial charge on any atom is 0.213 e. The van der Waals surface area contributed by atoms with E-state index in [1.165, 1.54) is 0 Å². The van der Waals surface area contributed by atoms with Crippen LogP contribution in [-0.4, -0.2) is 17.8 Å². The Morgan fingerprint density at radius 2 is 1.69 bits per heavy atom. The molecule has 29 heavy (non-hydrogen) atoms. The molecule has 6 heteroatoms. The summed E-state index contributed by atoms with van der Waals surface area (Å²) in [5.41, 5.74) is 4.12. The zero-order valence-electron chi connectivity index (χ0n) is 15.7. The predicted octanol–water partition coefficient (Wildman–Crippen LogP) is 6.24. The molecular formula is C23H18Cl2N2O2. The summed E-state index contributed by atoms with van der Waals surface area (Å²) in [6.07, 6.45) is 0.440. The third-order valence-corrected chi connectivity index (χ3v) is 5.82. The Kier molecular flexibility index (Phi) is 4.61. The van der Waals surface area contributed by atoms with Crippen molar-refractivity contribution in [2.75, 3.05) is 7.11 Å². The van der Waals surface area contributed by atoms with Crippen molar-refractivity contribution in [1.82, 2.24) is 5.01 Å². The third-order valence-electron chi connectivity index (χ3n) is 5.33. The lowest BCUT2D eigenvalue weighted by molar-refractivity contribution is -0.0190.